The largest absolute Gasteiger partial charge is 0.459 e. The van der Waals surface area contributed by atoms with Crippen LogP contribution < -0.4 is 5.73 Å². The van der Waals surface area contributed by atoms with Crippen LogP contribution in [0.5, 0.6) is 0 Å². The summed E-state index contributed by atoms with van der Waals surface area (Å²) in [4.78, 5) is 15.2. The number of ether oxygens (including phenoxy) is 1. The molecule has 3 N–H and O–H groups in total. The fraction of sp³-hybridized carbons (Fsp3) is 0.538. The van der Waals surface area contributed by atoms with Crippen LogP contribution in [0.2, 0.25) is 0 Å². The van der Waals surface area contributed by atoms with Crippen molar-refractivity contribution >= 4 is 5.97 Å². The first-order valence-electron chi connectivity index (χ1n) is 6.12. The van der Waals surface area contributed by atoms with Gasteiger partial charge in [0.1, 0.15) is 17.7 Å². The van der Waals surface area contributed by atoms with Crippen LogP contribution in [0, 0.1) is 0 Å². The average molecular weight is 306 g/mol. The standard InChI is InChI=1S/C13H17F3N2O3/c1-12(2,3)21-11(20)8(17)10(19)9-7(13(14,15)16)5-4-6-18-9/h4-6,8,10,19H,17H2,1-3H3/t8-,10+/m0/s1. The lowest BCUT2D eigenvalue weighted by Gasteiger charge is -2.25. The first-order chi connectivity index (χ1) is 9.43. The zero-order valence-electron chi connectivity index (χ0n) is 11.8. The van der Waals surface area contributed by atoms with E-state index in [0.717, 1.165) is 18.3 Å². The second-order valence-corrected chi connectivity index (χ2v) is 5.44. The molecule has 0 aliphatic heterocycles. The van der Waals surface area contributed by atoms with Gasteiger partial charge in [0.2, 0.25) is 0 Å². The van der Waals surface area contributed by atoms with Crippen LogP contribution in [0.1, 0.15) is 38.1 Å². The number of aliphatic hydroxyl groups excluding tert-OH is 1. The Bertz CT molecular complexity index is 512. The van der Waals surface area contributed by atoms with Crippen LogP contribution in [0.3, 0.4) is 0 Å². The third-order valence-corrected chi connectivity index (χ3v) is 2.44. The number of nitrogens with zero attached hydrogens (tertiary/aromatic N) is 1. The van der Waals surface area contributed by atoms with Crippen molar-refractivity contribution in [2.75, 3.05) is 0 Å². The maximum Gasteiger partial charge on any atom is 0.418 e. The van der Waals surface area contributed by atoms with Crippen molar-refractivity contribution in [1.29, 1.82) is 0 Å². The Balaban J connectivity index is 3.04. The van der Waals surface area contributed by atoms with Crippen molar-refractivity contribution < 1.29 is 27.8 Å². The second kappa shape index (κ2) is 5.98. The molecule has 0 bridgehead atoms. The lowest BCUT2D eigenvalue weighted by atomic mass is 10.0. The molecule has 0 saturated carbocycles. The first kappa shape index (κ1) is 17.4. The number of aliphatic hydroxyl groups is 1. The molecule has 0 saturated heterocycles. The number of esters is 1. The summed E-state index contributed by atoms with van der Waals surface area (Å²) >= 11 is 0. The first-order valence-corrected chi connectivity index (χ1v) is 6.12. The summed E-state index contributed by atoms with van der Waals surface area (Å²) in [5.41, 5.74) is 2.76. The Labute approximate surface area is 119 Å². The fourth-order valence-corrected chi connectivity index (χ4v) is 1.56. The topological polar surface area (TPSA) is 85.4 Å². The van der Waals surface area contributed by atoms with Gasteiger partial charge in [-0.1, -0.05) is 0 Å². The zero-order valence-corrected chi connectivity index (χ0v) is 11.8. The summed E-state index contributed by atoms with van der Waals surface area (Å²) < 4.78 is 43.4. The Kier molecular flexibility index (Phi) is 4.95. The molecule has 1 rings (SSSR count). The Morgan fingerprint density at radius 3 is 2.43 bits per heavy atom. The molecule has 0 aliphatic carbocycles. The SMILES string of the molecule is CC(C)(C)OC(=O)[C@@H](N)[C@@H](O)c1ncccc1C(F)(F)F. The highest BCUT2D eigenvalue weighted by molar-refractivity contribution is 5.77. The predicted molar refractivity (Wildman–Crippen MR) is 68.0 cm³/mol. The maximum atomic E-state index is 12.8. The van der Waals surface area contributed by atoms with Gasteiger partial charge < -0.3 is 15.6 Å². The number of carbonyl (C=O) groups is 1. The summed E-state index contributed by atoms with van der Waals surface area (Å²) in [6.45, 7) is 4.73. The Morgan fingerprint density at radius 1 is 1.38 bits per heavy atom. The monoisotopic (exact) mass is 306 g/mol. The van der Waals surface area contributed by atoms with Gasteiger partial charge in [-0.25, -0.2) is 0 Å². The number of aromatic nitrogens is 1. The number of hydrogen-bond donors (Lipinski definition) is 2. The van der Waals surface area contributed by atoms with Gasteiger partial charge in [-0.05, 0) is 32.9 Å². The van der Waals surface area contributed by atoms with Crippen molar-refractivity contribution in [2.24, 2.45) is 5.73 Å². The molecule has 1 heterocycles. The molecule has 21 heavy (non-hydrogen) atoms. The minimum atomic E-state index is -4.71. The smallest absolute Gasteiger partial charge is 0.418 e. The maximum absolute atomic E-state index is 12.8. The highest BCUT2D eigenvalue weighted by atomic mass is 19.4. The van der Waals surface area contributed by atoms with E-state index in [2.05, 4.69) is 4.98 Å². The summed E-state index contributed by atoms with van der Waals surface area (Å²) in [5, 5.41) is 9.91. The average Bonchev–Trinajstić information content (AvgIpc) is 2.34. The molecule has 118 valence electrons. The number of carbonyl (C=O) groups excluding carboxylic acids is 1. The molecule has 8 heteroatoms. The number of pyridine rings is 1. The summed E-state index contributed by atoms with van der Waals surface area (Å²) in [7, 11) is 0. The second-order valence-electron chi connectivity index (χ2n) is 5.44. The molecule has 5 nitrogen and oxygen atoms in total. The molecule has 0 radical (unpaired) electrons. The molecule has 0 fully saturated rings. The van der Waals surface area contributed by atoms with Crippen LogP contribution in [0.4, 0.5) is 13.2 Å². The summed E-state index contributed by atoms with van der Waals surface area (Å²) in [6.07, 6.45) is -5.55. The lowest BCUT2D eigenvalue weighted by Crippen LogP contribution is -2.42. The van der Waals surface area contributed by atoms with Gasteiger partial charge in [-0.3, -0.25) is 9.78 Å². The molecular formula is C13H17F3N2O3. The molecular weight excluding hydrogens is 289 g/mol. The van der Waals surface area contributed by atoms with Crippen molar-refractivity contribution in [3.63, 3.8) is 0 Å². The number of alkyl halides is 3. The van der Waals surface area contributed by atoms with Gasteiger partial charge >= 0.3 is 12.1 Å². The van der Waals surface area contributed by atoms with Crippen LogP contribution in [-0.2, 0) is 15.7 Å². The van der Waals surface area contributed by atoms with E-state index in [9.17, 15) is 23.1 Å². The molecule has 0 aromatic carbocycles. The van der Waals surface area contributed by atoms with Crippen molar-refractivity contribution in [2.45, 2.75) is 44.7 Å². The Morgan fingerprint density at radius 2 is 1.95 bits per heavy atom. The van der Waals surface area contributed by atoms with Crippen LogP contribution >= 0.6 is 0 Å². The number of rotatable bonds is 3. The van der Waals surface area contributed by atoms with Gasteiger partial charge in [0.05, 0.1) is 11.3 Å². The van der Waals surface area contributed by atoms with E-state index in [1.54, 1.807) is 20.8 Å². The Hall–Kier alpha value is -1.67. The highest BCUT2D eigenvalue weighted by Gasteiger charge is 2.39. The number of halogens is 3. The van der Waals surface area contributed by atoms with E-state index in [4.69, 9.17) is 10.5 Å². The summed E-state index contributed by atoms with van der Waals surface area (Å²) in [6, 6.07) is 0.172. The van der Waals surface area contributed by atoms with Crippen LogP contribution in [0.15, 0.2) is 18.3 Å². The van der Waals surface area contributed by atoms with Crippen molar-refractivity contribution in [3.05, 3.63) is 29.6 Å². The third kappa shape index (κ3) is 4.68. The predicted octanol–water partition coefficient (Wildman–Crippen LogP) is 1.80. The quantitative estimate of drug-likeness (QED) is 0.832. The molecule has 2 atom stereocenters. The fourth-order valence-electron chi connectivity index (χ4n) is 1.56. The van der Waals surface area contributed by atoms with E-state index < -0.39 is 41.1 Å². The van der Waals surface area contributed by atoms with Gasteiger partial charge in [0.25, 0.3) is 0 Å². The van der Waals surface area contributed by atoms with Gasteiger partial charge in [-0.15, -0.1) is 0 Å². The van der Waals surface area contributed by atoms with Crippen LogP contribution in [-0.4, -0.2) is 27.7 Å². The zero-order chi connectivity index (χ0) is 16.4. The molecule has 0 unspecified atom stereocenters. The molecule has 1 aromatic heterocycles. The van der Waals surface area contributed by atoms with Crippen LogP contribution in [0.25, 0.3) is 0 Å². The molecule has 0 amide bonds. The lowest BCUT2D eigenvalue weighted by molar-refractivity contribution is -0.160. The molecule has 0 aliphatic rings. The van der Waals surface area contributed by atoms with Gasteiger partial charge in [-0.2, -0.15) is 13.2 Å². The molecule has 1 aromatic rings. The molecule has 0 spiro atoms. The van der Waals surface area contributed by atoms with E-state index >= 15 is 0 Å². The minimum Gasteiger partial charge on any atom is -0.459 e. The minimum absolute atomic E-state index is 0.705. The van der Waals surface area contributed by atoms with E-state index in [1.165, 1.54) is 0 Å². The normalized spacial score (nSPS) is 15.4. The van der Waals surface area contributed by atoms with E-state index in [0.29, 0.717) is 0 Å². The number of hydrogen-bond acceptors (Lipinski definition) is 5. The summed E-state index contributed by atoms with van der Waals surface area (Å²) in [5.74, 6) is -1.01. The third-order valence-electron chi connectivity index (χ3n) is 2.44. The van der Waals surface area contributed by atoms with Crippen molar-refractivity contribution in [3.8, 4) is 0 Å². The van der Waals surface area contributed by atoms with Gasteiger partial charge in [0.15, 0.2) is 0 Å². The van der Waals surface area contributed by atoms with E-state index in [-0.39, 0.29) is 0 Å². The van der Waals surface area contributed by atoms with Gasteiger partial charge in [0, 0.05) is 6.20 Å². The number of nitrogens with two attached hydrogens (primary N) is 1. The van der Waals surface area contributed by atoms with Crippen molar-refractivity contribution in [1.82, 2.24) is 4.98 Å². The van der Waals surface area contributed by atoms with E-state index in [1.807, 2.05) is 0 Å². The highest BCUT2D eigenvalue weighted by Crippen LogP contribution is 2.34.